The molecular weight excluding hydrogens is 259 g/mol. The summed E-state index contributed by atoms with van der Waals surface area (Å²) in [5.41, 5.74) is 1.57. The van der Waals surface area contributed by atoms with Gasteiger partial charge in [0.1, 0.15) is 0 Å². The van der Waals surface area contributed by atoms with Gasteiger partial charge in [-0.1, -0.05) is 12.1 Å². The molecule has 0 saturated carbocycles. The average molecular weight is 282 g/mol. The number of benzene rings is 1. The molecule has 6 heteroatoms. The van der Waals surface area contributed by atoms with Crippen LogP contribution in [0.4, 0.5) is 0 Å². The van der Waals surface area contributed by atoms with Crippen molar-refractivity contribution in [3.05, 3.63) is 29.3 Å². The molecule has 19 heavy (non-hydrogen) atoms. The zero-order valence-electron chi connectivity index (χ0n) is 11.3. The number of nitrogens with one attached hydrogen (secondary N) is 1. The maximum absolute atomic E-state index is 12.4. The zero-order chi connectivity index (χ0) is 13.6. The largest absolute Gasteiger partial charge is 0.298 e. The SMILES string of the molecule is B.CN1Cc2cccc(S(=O)(=O)NC(C)(C)C)c2C1. The second kappa shape index (κ2) is 5.27. The van der Waals surface area contributed by atoms with Gasteiger partial charge in [-0.15, -0.1) is 0 Å². The van der Waals surface area contributed by atoms with Crippen LogP contribution >= 0.6 is 0 Å². The highest BCUT2D eigenvalue weighted by Gasteiger charge is 2.28. The van der Waals surface area contributed by atoms with Crippen molar-refractivity contribution in [3.63, 3.8) is 0 Å². The molecule has 0 spiro atoms. The van der Waals surface area contributed by atoms with Gasteiger partial charge in [-0.3, -0.25) is 4.90 Å². The minimum atomic E-state index is -3.44. The fourth-order valence-electron chi connectivity index (χ4n) is 2.27. The van der Waals surface area contributed by atoms with Crippen LogP contribution in [0.2, 0.25) is 0 Å². The fourth-order valence-corrected chi connectivity index (χ4v) is 3.96. The van der Waals surface area contributed by atoms with Crippen molar-refractivity contribution in [2.45, 2.75) is 44.3 Å². The van der Waals surface area contributed by atoms with E-state index in [1.807, 2.05) is 40.0 Å². The lowest BCUT2D eigenvalue weighted by Gasteiger charge is -2.21. The molecule has 1 N–H and O–H groups in total. The number of fused-ring (bicyclic) bond motifs is 1. The van der Waals surface area contributed by atoms with E-state index >= 15 is 0 Å². The topological polar surface area (TPSA) is 49.4 Å². The second-order valence-electron chi connectivity index (χ2n) is 5.92. The standard InChI is InChI=1S/C13H20N2O2S.BH3/c1-13(2,3)14-18(16,17)12-7-5-6-10-8-15(4)9-11(10)12;/h5-7,14H,8-9H2,1-4H3;1H3. The molecule has 1 aromatic rings. The fraction of sp³-hybridized carbons (Fsp3) is 0.538. The van der Waals surface area contributed by atoms with Crippen LogP contribution in [0.15, 0.2) is 23.1 Å². The monoisotopic (exact) mass is 282 g/mol. The lowest BCUT2D eigenvalue weighted by atomic mass is 10.1. The van der Waals surface area contributed by atoms with Crippen molar-refractivity contribution < 1.29 is 8.42 Å². The van der Waals surface area contributed by atoms with Crippen molar-refractivity contribution in [1.29, 1.82) is 0 Å². The van der Waals surface area contributed by atoms with Gasteiger partial charge in [0.25, 0.3) is 0 Å². The molecule has 0 radical (unpaired) electrons. The van der Waals surface area contributed by atoms with E-state index in [4.69, 9.17) is 0 Å². The molecule has 0 fully saturated rings. The van der Waals surface area contributed by atoms with E-state index in [0.29, 0.717) is 11.4 Å². The summed E-state index contributed by atoms with van der Waals surface area (Å²) in [6.45, 7) is 7.05. The lowest BCUT2D eigenvalue weighted by Crippen LogP contribution is -2.40. The Bertz CT molecular complexity index is 564. The number of hydrogen-bond donors (Lipinski definition) is 1. The van der Waals surface area contributed by atoms with Gasteiger partial charge in [0.15, 0.2) is 0 Å². The Morgan fingerprint density at radius 1 is 1.21 bits per heavy atom. The van der Waals surface area contributed by atoms with Crippen molar-refractivity contribution in [1.82, 2.24) is 9.62 Å². The van der Waals surface area contributed by atoms with Crippen molar-refractivity contribution in [2.24, 2.45) is 0 Å². The molecule has 0 atom stereocenters. The Labute approximate surface area is 117 Å². The summed E-state index contributed by atoms with van der Waals surface area (Å²) < 4.78 is 27.5. The van der Waals surface area contributed by atoms with E-state index in [-0.39, 0.29) is 8.41 Å². The summed E-state index contributed by atoms with van der Waals surface area (Å²) in [5, 5.41) is 0. The first-order chi connectivity index (χ1) is 8.19. The molecule has 1 aliphatic rings. The van der Waals surface area contributed by atoms with Crippen molar-refractivity contribution >= 4 is 18.4 Å². The molecular formula is C13H23BN2O2S. The Morgan fingerprint density at radius 3 is 2.42 bits per heavy atom. The van der Waals surface area contributed by atoms with Gasteiger partial charge >= 0.3 is 0 Å². The van der Waals surface area contributed by atoms with Gasteiger partial charge in [-0.05, 0) is 45.0 Å². The summed E-state index contributed by atoms with van der Waals surface area (Å²) >= 11 is 0. The van der Waals surface area contributed by atoms with E-state index in [9.17, 15) is 8.42 Å². The van der Waals surface area contributed by atoms with E-state index < -0.39 is 15.6 Å². The zero-order valence-corrected chi connectivity index (χ0v) is 12.1. The maximum atomic E-state index is 12.4. The minimum Gasteiger partial charge on any atom is -0.298 e. The van der Waals surface area contributed by atoms with Crippen LogP contribution < -0.4 is 4.72 Å². The van der Waals surface area contributed by atoms with Gasteiger partial charge in [0, 0.05) is 18.6 Å². The number of sulfonamides is 1. The molecule has 1 aromatic carbocycles. The van der Waals surface area contributed by atoms with E-state index in [2.05, 4.69) is 9.62 Å². The van der Waals surface area contributed by atoms with Crippen LogP contribution in [-0.2, 0) is 23.1 Å². The highest BCUT2D eigenvalue weighted by atomic mass is 32.2. The highest BCUT2D eigenvalue weighted by Crippen LogP contribution is 2.28. The normalized spacial score (nSPS) is 16.0. The van der Waals surface area contributed by atoms with E-state index in [0.717, 1.165) is 17.7 Å². The molecule has 0 saturated heterocycles. The third-order valence-corrected chi connectivity index (χ3v) is 4.67. The van der Waals surface area contributed by atoms with Crippen LogP contribution in [0.1, 0.15) is 31.9 Å². The number of rotatable bonds is 2. The maximum Gasteiger partial charge on any atom is 0.241 e. The number of nitrogens with zero attached hydrogens (tertiary/aromatic N) is 1. The predicted octanol–water partition coefficient (Wildman–Crippen LogP) is 0.525. The van der Waals surface area contributed by atoms with Crippen LogP contribution in [0.5, 0.6) is 0 Å². The first-order valence-electron chi connectivity index (χ1n) is 6.02. The van der Waals surface area contributed by atoms with Crippen LogP contribution in [0.25, 0.3) is 0 Å². The quantitative estimate of drug-likeness (QED) is 0.805. The average Bonchev–Trinajstić information content (AvgIpc) is 2.52. The molecule has 0 unspecified atom stereocenters. The van der Waals surface area contributed by atoms with Gasteiger partial charge in [0.2, 0.25) is 10.0 Å². The molecule has 1 heterocycles. The number of hydrogen-bond acceptors (Lipinski definition) is 3. The molecule has 0 aliphatic carbocycles. The third-order valence-electron chi connectivity index (χ3n) is 2.83. The summed E-state index contributed by atoms with van der Waals surface area (Å²) in [5.74, 6) is 0. The summed E-state index contributed by atoms with van der Waals surface area (Å²) in [6.07, 6.45) is 0. The van der Waals surface area contributed by atoms with Gasteiger partial charge in [-0.25, -0.2) is 13.1 Å². The third kappa shape index (κ3) is 3.58. The van der Waals surface area contributed by atoms with Crippen LogP contribution in [0, 0.1) is 0 Å². The second-order valence-corrected chi connectivity index (χ2v) is 7.57. The summed E-state index contributed by atoms with van der Waals surface area (Å²) in [6, 6.07) is 5.50. The summed E-state index contributed by atoms with van der Waals surface area (Å²) in [7, 11) is -1.45. The molecule has 4 nitrogen and oxygen atoms in total. The van der Waals surface area contributed by atoms with Gasteiger partial charge in [-0.2, -0.15) is 0 Å². The first kappa shape index (κ1) is 16.2. The molecule has 0 amide bonds. The lowest BCUT2D eigenvalue weighted by molar-refractivity contribution is 0.351. The first-order valence-corrected chi connectivity index (χ1v) is 7.51. The minimum absolute atomic E-state index is 0. The predicted molar refractivity (Wildman–Crippen MR) is 81.6 cm³/mol. The van der Waals surface area contributed by atoms with Crippen LogP contribution in [0.3, 0.4) is 0 Å². The van der Waals surface area contributed by atoms with Crippen molar-refractivity contribution in [2.75, 3.05) is 7.05 Å². The Morgan fingerprint density at radius 2 is 1.84 bits per heavy atom. The van der Waals surface area contributed by atoms with E-state index in [1.54, 1.807) is 6.07 Å². The molecule has 2 rings (SSSR count). The molecule has 0 aromatic heterocycles. The van der Waals surface area contributed by atoms with Gasteiger partial charge < -0.3 is 0 Å². The Hall–Kier alpha value is -0.845. The van der Waals surface area contributed by atoms with Crippen LogP contribution in [-0.4, -0.2) is 34.3 Å². The molecule has 1 aliphatic heterocycles. The van der Waals surface area contributed by atoms with E-state index in [1.165, 1.54) is 0 Å². The van der Waals surface area contributed by atoms with Crippen molar-refractivity contribution in [3.8, 4) is 0 Å². The van der Waals surface area contributed by atoms with Gasteiger partial charge in [0.05, 0.1) is 13.3 Å². The highest BCUT2D eigenvalue weighted by molar-refractivity contribution is 7.89. The Kier molecular flexibility index (Phi) is 4.49. The molecule has 0 bridgehead atoms. The smallest absolute Gasteiger partial charge is 0.241 e. The summed E-state index contributed by atoms with van der Waals surface area (Å²) in [4.78, 5) is 2.53. The Balaban J connectivity index is 0.00000180. The molecule has 106 valence electrons.